The zero-order chi connectivity index (χ0) is 27.1. The van der Waals surface area contributed by atoms with Crippen molar-refractivity contribution in [1.29, 1.82) is 0 Å². The van der Waals surface area contributed by atoms with E-state index < -0.39 is 0 Å². The molecule has 0 aromatic heterocycles. The average molecular weight is 519 g/mol. The molecule has 38 heavy (non-hydrogen) atoms. The van der Waals surface area contributed by atoms with Gasteiger partial charge in [-0.3, -0.25) is 0 Å². The summed E-state index contributed by atoms with van der Waals surface area (Å²) in [5.74, 6) is 5.24. The van der Waals surface area contributed by atoms with Crippen LogP contribution in [0.1, 0.15) is 103 Å². The summed E-state index contributed by atoms with van der Waals surface area (Å²) in [5, 5.41) is 0. The second kappa shape index (κ2) is 10.9. The highest BCUT2D eigenvalue weighted by Crippen LogP contribution is 2.67. The molecule has 1 aromatic carbocycles. The van der Waals surface area contributed by atoms with E-state index in [2.05, 4.69) is 52.8 Å². The molecule has 0 saturated heterocycles. The van der Waals surface area contributed by atoms with Crippen LogP contribution in [0.2, 0.25) is 0 Å². The van der Waals surface area contributed by atoms with Crippen LogP contribution in [-0.4, -0.2) is 19.2 Å². The Hall–Kier alpha value is -2.03. The molecule has 4 aliphatic carbocycles. The van der Waals surface area contributed by atoms with Crippen molar-refractivity contribution in [3.05, 3.63) is 53.6 Å². The van der Waals surface area contributed by atoms with Gasteiger partial charge in [0, 0.05) is 6.42 Å². The van der Waals surface area contributed by atoms with Crippen LogP contribution in [0.25, 0.3) is 0 Å². The van der Waals surface area contributed by atoms with E-state index in [1.165, 1.54) is 38.5 Å². The molecule has 0 heterocycles. The third-order valence-corrected chi connectivity index (χ3v) is 11.4. The van der Waals surface area contributed by atoms with Gasteiger partial charge in [-0.15, -0.1) is 0 Å². The number of benzene rings is 1. The van der Waals surface area contributed by atoms with Gasteiger partial charge in [0.1, 0.15) is 11.9 Å². The summed E-state index contributed by atoms with van der Waals surface area (Å²) >= 11 is 0. The predicted molar refractivity (Wildman–Crippen MR) is 155 cm³/mol. The zero-order valence-electron chi connectivity index (χ0n) is 24.7. The Labute approximate surface area is 231 Å². The van der Waals surface area contributed by atoms with E-state index in [0.717, 1.165) is 54.6 Å². The smallest absolute Gasteiger partial charge is 0.338 e. The van der Waals surface area contributed by atoms with Crippen molar-refractivity contribution in [3.8, 4) is 5.75 Å². The monoisotopic (exact) mass is 518 g/mol. The minimum Gasteiger partial charge on any atom is -0.497 e. The topological polar surface area (TPSA) is 35.5 Å². The lowest BCUT2D eigenvalue weighted by molar-refractivity contribution is -0.0565. The number of ether oxygens (including phenoxy) is 2. The van der Waals surface area contributed by atoms with Gasteiger partial charge in [0.15, 0.2) is 0 Å². The molecule has 1 aromatic rings. The van der Waals surface area contributed by atoms with Gasteiger partial charge >= 0.3 is 5.97 Å². The van der Waals surface area contributed by atoms with Crippen LogP contribution >= 0.6 is 0 Å². The van der Waals surface area contributed by atoms with Crippen molar-refractivity contribution in [2.45, 2.75) is 98.5 Å². The van der Waals surface area contributed by atoms with E-state index in [4.69, 9.17) is 9.47 Å². The number of allylic oxidation sites excluding steroid dienone is 3. The Morgan fingerprint density at radius 1 is 1.03 bits per heavy atom. The maximum atomic E-state index is 12.8. The second-order valence-corrected chi connectivity index (χ2v) is 13.9. The molecule has 0 radical (unpaired) electrons. The summed E-state index contributed by atoms with van der Waals surface area (Å²) < 4.78 is 11.2. The van der Waals surface area contributed by atoms with Gasteiger partial charge in [-0.2, -0.15) is 0 Å². The summed E-state index contributed by atoms with van der Waals surface area (Å²) in [6.07, 6.45) is 18.6. The van der Waals surface area contributed by atoms with Crippen molar-refractivity contribution >= 4 is 5.97 Å². The third-order valence-electron chi connectivity index (χ3n) is 11.4. The summed E-state index contributed by atoms with van der Waals surface area (Å²) in [5.41, 5.74) is 2.93. The molecule has 3 fully saturated rings. The van der Waals surface area contributed by atoms with Gasteiger partial charge in [-0.25, -0.2) is 4.79 Å². The van der Waals surface area contributed by atoms with Gasteiger partial charge in [-0.05, 0) is 122 Å². The Kier molecular flexibility index (Phi) is 7.87. The number of carbonyl (C=O) groups is 1. The summed E-state index contributed by atoms with van der Waals surface area (Å²) in [6, 6.07) is 7.25. The van der Waals surface area contributed by atoms with E-state index in [-0.39, 0.29) is 17.5 Å². The average Bonchev–Trinajstić information content (AvgIpc) is 3.26. The van der Waals surface area contributed by atoms with Crippen LogP contribution < -0.4 is 4.74 Å². The SMILES string of the molecule is COc1ccc(C(=O)O[C@@H]2CC[C@@]3(C)C(=CC[C@H]4[C@@H]5CC[C@H]([C@H](C)/C=C\CC(C)C)[C@@]5(C)CC[C@@H]43)C2)cc1. The van der Waals surface area contributed by atoms with Gasteiger partial charge in [0.25, 0.3) is 0 Å². The number of rotatable bonds is 7. The summed E-state index contributed by atoms with van der Waals surface area (Å²) in [6.45, 7) is 12.3. The minimum absolute atomic E-state index is 0.0105. The molecule has 0 amide bonds. The van der Waals surface area contributed by atoms with E-state index in [0.29, 0.717) is 16.9 Å². The summed E-state index contributed by atoms with van der Waals surface area (Å²) in [7, 11) is 1.64. The van der Waals surface area contributed by atoms with Crippen LogP contribution in [-0.2, 0) is 4.74 Å². The molecule has 4 aliphatic rings. The molecule has 3 heteroatoms. The van der Waals surface area contributed by atoms with E-state index in [1.54, 1.807) is 24.8 Å². The number of methoxy groups -OCH3 is 1. The molecule has 0 N–H and O–H groups in total. The zero-order valence-corrected chi connectivity index (χ0v) is 24.7. The molecular weight excluding hydrogens is 468 g/mol. The predicted octanol–water partition coefficient (Wildman–Crippen LogP) is 9.04. The third kappa shape index (κ3) is 5.00. The lowest BCUT2D eigenvalue weighted by Gasteiger charge is -2.58. The van der Waals surface area contributed by atoms with Crippen molar-refractivity contribution < 1.29 is 14.3 Å². The van der Waals surface area contributed by atoms with Crippen LogP contribution in [0.15, 0.2) is 48.1 Å². The van der Waals surface area contributed by atoms with E-state index in [9.17, 15) is 4.79 Å². The molecule has 8 atom stereocenters. The fourth-order valence-electron chi connectivity index (χ4n) is 9.28. The number of carbonyl (C=O) groups excluding carboxylic acids is 1. The number of esters is 1. The Morgan fingerprint density at radius 2 is 1.79 bits per heavy atom. The maximum Gasteiger partial charge on any atom is 0.338 e. The highest BCUT2D eigenvalue weighted by atomic mass is 16.5. The molecule has 3 nitrogen and oxygen atoms in total. The lowest BCUT2D eigenvalue weighted by Crippen LogP contribution is -2.51. The van der Waals surface area contributed by atoms with Gasteiger partial charge in [0.05, 0.1) is 12.7 Å². The number of hydrogen-bond donors (Lipinski definition) is 0. The van der Waals surface area contributed by atoms with Crippen molar-refractivity contribution in [2.24, 2.45) is 46.3 Å². The Bertz CT molecular complexity index is 1050. The lowest BCUT2D eigenvalue weighted by atomic mass is 9.47. The molecule has 0 aliphatic heterocycles. The minimum atomic E-state index is -0.211. The van der Waals surface area contributed by atoms with Crippen LogP contribution in [0, 0.1) is 46.3 Å². The standard InChI is InChI=1S/C35H50O3/c1-23(2)8-7-9-24(3)30-16-17-31-29-15-12-26-22-28(38-33(36)25-10-13-27(37-6)14-11-25)18-20-34(26,4)32(29)19-21-35(30,31)5/h7,9-14,23-24,28-32H,8,15-22H2,1-6H3/b9-7-/t24-,28-,29+,30-,31+,32+,34+,35-/m1/s1. The molecule has 5 rings (SSSR count). The van der Waals surface area contributed by atoms with E-state index >= 15 is 0 Å². The van der Waals surface area contributed by atoms with Gasteiger partial charge in [0.2, 0.25) is 0 Å². The number of fused-ring (bicyclic) bond motifs is 5. The fourth-order valence-corrected chi connectivity index (χ4v) is 9.28. The van der Waals surface area contributed by atoms with Gasteiger partial charge < -0.3 is 9.47 Å². The fraction of sp³-hybridized carbons (Fsp3) is 0.686. The number of hydrogen-bond acceptors (Lipinski definition) is 3. The first-order valence-electron chi connectivity index (χ1n) is 15.4. The molecule has 208 valence electrons. The quantitative estimate of drug-likeness (QED) is 0.267. The van der Waals surface area contributed by atoms with Crippen LogP contribution in [0.4, 0.5) is 0 Å². The Balaban J connectivity index is 1.25. The molecule has 3 saturated carbocycles. The van der Waals surface area contributed by atoms with Crippen molar-refractivity contribution in [3.63, 3.8) is 0 Å². The van der Waals surface area contributed by atoms with Gasteiger partial charge in [-0.1, -0.05) is 58.4 Å². The highest BCUT2D eigenvalue weighted by Gasteiger charge is 2.59. The summed E-state index contributed by atoms with van der Waals surface area (Å²) in [4.78, 5) is 12.8. The van der Waals surface area contributed by atoms with Crippen molar-refractivity contribution in [1.82, 2.24) is 0 Å². The van der Waals surface area contributed by atoms with Crippen LogP contribution in [0.3, 0.4) is 0 Å². The molecule has 0 unspecified atom stereocenters. The molecular formula is C35H50O3. The normalized spacial score (nSPS) is 37.2. The first-order valence-corrected chi connectivity index (χ1v) is 15.4. The molecule has 0 spiro atoms. The first-order chi connectivity index (χ1) is 18.2. The van der Waals surface area contributed by atoms with Crippen molar-refractivity contribution in [2.75, 3.05) is 7.11 Å². The highest BCUT2D eigenvalue weighted by molar-refractivity contribution is 5.89. The van der Waals surface area contributed by atoms with E-state index in [1.807, 2.05) is 12.1 Å². The largest absolute Gasteiger partial charge is 0.497 e. The first kappa shape index (κ1) is 27.5. The second-order valence-electron chi connectivity index (χ2n) is 13.9. The maximum absolute atomic E-state index is 12.8. The van der Waals surface area contributed by atoms with Crippen LogP contribution in [0.5, 0.6) is 5.75 Å². The Morgan fingerprint density at radius 3 is 2.50 bits per heavy atom. The molecule has 0 bridgehead atoms.